The number of carbonyl (C=O) groups is 1. The van der Waals surface area contributed by atoms with Gasteiger partial charge in [-0.1, -0.05) is 30.3 Å². The lowest BCUT2D eigenvalue weighted by molar-refractivity contribution is -0.137. The molecule has 0 amide bonds. The van der Waals surface area contributed by atoms with Crippen LogP contribution in [0.25, 0.3) is 0 Å². The van der Waals surface area contributed by atoms with E-state index in [4.69, 9.17) is 5.11 Å². The van der Waals surface area contributed by atoms with Gasteiger partial charge in [0, 0.05) is 26.1 Å². The van der Waals surface area contributed by atoms with Crippen molar-refractivity contribution >= 4 is 5.97 Å². The summed E-state index contributed by atoms with van der Waals surface area (Å²) >= 11 is 0. The van der Waals surface area contributed by atoms with Gasteiger partial charge >= 0.3 is 5.97 Å². The van der Waals surface area contributed by atoms with Crippen LogP contribution in [0.2, 0.25) is 0 Å². The van der Waals surface area contributed by atoms with Crippen molar-refractivity contribution in [3.8, 4) is 0 Å². The Balaban J connectivity index is 1.73. The van der Waals surface area contributed by atoms with Crippen molar-refractivity contribution in [2.45, 2.75) is 25.8 Å². The molecule has 1 heterocycles. The second-order valence-corrected chi connectivity index (χ2v) is 5.45. The van der Waals surface area contributed by atoms with Crippen molar-refractivity contribution in [1.29, 1.82) is 0 Å². The van der Waals surface area contributed by atoms with Crippen LogP contribution in [0, 0.1) is 0 Å². The highest BCUT2D eigenvalue weighted by Crippen LogP contribution is 2.09. The third kappa shape index (κ3) is 5.31. The fourth-order valence-corrected chi connectivity index (χ4v) is 2.70. The maximum absolute atomic E-state index is 10.5. The summed E-state index contributed by atoms with van der Waals surface area (Å²) in [5, 5.41) is 8.68. The summed E-state index contributed by atoms with van der Waals surface area (Å²) in [6, 6.07) is 10.6. The van der Waals surface area contributed by atoms with Crippen LogP contribution in [0.4, 0.5) is 0 Å². The lowest BCUT2D eigenvalue weighted by Crippen LogP contribution is -2.31. The van der Waals surface area contributed by atoms with Crippen LogP contribution in [0.5, 0.6) is 0 Å². The van der Waals surface area contributed by atoms with E-state index in [1.807, 2.05) is 0 Å². The van der Waals surface area contributed by atoms with E-state index in [1.54, 1.807) is 0 Å². The van der Waals surface area contributed by atoms with Crippen LogP contribution in [-0.2, 0) is 11.3 Å². The van der Waals surface area contributed by atoms with Gasteiger partial charge in [0.15, 0.2) is 0 Å². The van der Waals surface area contributed by atoms with Crippen LogP contribution in [0.15, 0.2) is 30.3 Å². The zero-order valence-corrected chi connectivity index (χ0v) is 12.0. The largest absolute Gasteiger partial charge is 0.481 e. The average molecular weight is 276 g/mol. The molecule has 2 rings (SSSR count). The van der Waals surface area contributed by atoms with Gasteiger partial charge in [-0.15, -0.1) is 0 Å². The minimum atomic E-state index is -0.689. The number of carboxylic acids is 1. The molecule has 0 atom stereocenters. The van der Waals surface area contributed by atoms with Crippen LogP contribution in [0.1, 0.15) is 24.8 Å². The van der Waals surface area contributed by atoms with Crippen LogP contribution < -0.4 is 0 Å². The molecule has 1 fully saturated rings. The fourth-order valence-electron chi connectivity index (χ4n) is 2.70. The highest BCUT2D eigenvalue weighted by Gasteiger charge is 2.14. The van der Waals surface area contributed by atoms with E-state index in [-0.39, 0.29) is 6.42 Å². The molecule has 0 radical (unpaired) electrons. The van der Waals surface area contributed by atoms with E-state index >= 15 is 0 Å². The van der Waals surface area contributed by atoms with Crippen molar-refractivity contribution in [3.63, 3.8) is 0 Å². The molecule has 4 heteroatoms. The number of benzene rings is 1. The van der Waals surface area contributed by atoms with Gasteiger partial charge in [0.05, 0.1) is 0 Å². The monoisotopic (exact) mass is 276 g/mol. The molecule has 0 aliphatic carbocycles. The standard InChI is InChI=1S/C16H24N2O2/c19-16(20)8-4-9-17-10-5-11-18(13-12-17)14-15-6-2-1-3-7-15/h1-3,6-7H,4-5,8-14H2,(H,19,20). The first-order chi connectivity index (χ1) is 9.74. The predicted octanol–water partition coefficient (Wildman–Crippen LogP) is 2.06. The maximum atomic E-state index is 10.5. The summed E-state index contributed by atoms with van der Waals surface area (Å²) in [4.78, 5) is 15.4. The molecule has 1 saturated heterocycles. The summed E-state index contributed by atoms with van der Waals surface area (Å²) in [5.41, 5.74) is 1.37. The van der Waals surface area contributed by atoms with Gasteiger partial charge in [-0.2, -0.15) is 0 Å². The number of rotatable bonds is 6. The van der Waals surface area contributed by atoms with Gasteiger partial charge in [0.25, 0.3) is 0 Å². The van der Waals surface area contributed by atoms with Gasteiger partial charge in [0.1, 0.15) is 0 Å². The highest BCUT2D eigenvalue weighted by molar-refractivity contribution is 5.66. The summed E-state index contributed by atoms with van der Waals surface area (Å²) in [5.74, 6) is -0.689. The minimum Gasteiger partial charge on any atom is -0.481 e. The molecule has 0 aromatic heterocycles. The highest BCUT2D eigenvalue weighted by atomic mass is 16.4. The second kappa shape index (κ2) is 8.02. The molecule has 20 heavy (non-hydrogen) atoms. The lowest BCUT2D eigenvalue weighted by atomic mass is 10.2. The van der Waals surface area contributed by atoms with Crippen LogP contribution in [0.3, 0.4) is 0 Å². The first-order valence-corrected chi connectivity index (χ1v) is 7.44. The molecule has 1 N–H and O–H groups in total. The quantitative estimate of drug-likeness (QED) is 0.864. The van der Waals surface area contributed by atoms with Crippen molar-refractivity contribution in [3.05, 3.63) is 35.9 Å². The molecule has 0 saturated carbocycles. The van der Waals surface area contributed by atoms with E-state index in [2.05, 4.69) is 40.1 Å². The van der Waals surface area contributed by atoms with Crippen molar-refractivity contribution < 1.29 is 9.90 Å². The SMILES string of the molecule is O=C(O)CCCN1CCCN(Cc2ccccc2)CC1. The molecule has 0 spiro atoms. The van der Waals surface area contributed by atoms with E-state index < -0.39 is 5.97 Å². The van der Waals surface area contributed by atoms with E-state index in [1.165, 1.54) is 12.0 Å². The predicted molar refractivity (Wildman–Crippen MR) is 79.6 cm³/mol. The Kier molecular flexibility index (Phi) is 6.02. The van der Waals surface area contributed by atoms with Gasteiger partial charge in [-0.25, -0.2) is 0 Å². The normalized spacial score (nSPS) is 17.8. The van der Waals surface area contributed by atoms with Gasteiger partial charge < -0.3 is 10.0 Å². The van der Waals surface area contributed by atoms with Crippen molar-refractivity contribution in [1.82, 2.24) is 9.80 Å². The topological polar surface area (TPSA) is 43.8 Å². The Morgan fingerprint density at radius 1 is 1.05 bits per heavy atom. The minimum absolute atomic E-state index is 0.282. The lowest BCUT2D eigenvalue weighted by Gasteiger charge is -2.21. The van der Waals surface area contributed by atoms with Crippen LogP contribution in [-0.4, -0.2) is 53.6 Å². The van der Waals surface area contributed by atoms with Gasteiger partial charge in [-0.05, 0) is 38.0 Å². The Hall–Kier alpha value is -1.39. The first-order valence-electron chi connectivity index (χ1n) is 7.44. The molecular weight excluding hydrogens is 252 g/mol. The molecule has 1 aromatic rings. The summed E-state index contributed by atoms with van der Waals surface area (Å²) < 4.78 is 0. The zero-order chi connectivity index (χ0) is 14.2. The zero-order valence-electron chi connectivity index (χ0n) is 12.0. The molecule has 0 bridgehead atoms. The van der Waals surface area contributed by atoms with Gasteiger partial charge in [-0.3, -0.25) is 9.69 Å². The Morgan fingerprint density at radius 3 is 2.50 bits per heavy atom. The van der Waals surface area contributed by atoms with Crippen molar-refractivity contribution in [2.75, 3.05) is 32.7 Å². The number of nitrogens with zero attached hydrogens (tertiary/aromatic N) is 2. The van der Waals surface area contributed by atoms with Crippen LogP contribution >= 0.6 is 0 Å². The van der Waals surface area contributed by atoms with Crippen molar-refractivity contribution in [2.24, 2.45) is 0 Å². The Labute approximate surface area is 121 Å². The number of aliphatic carboxylic acids is 1. The smallest absolute Gasteiger partial charge is 0.303 e. The second-order valence-electron chi connectivity index (χ2n) is 5.45. The van der Waals surface area contributed by atoms with Gasteiger partial charge in [0.2, 0.25) is 0 Å². The molecule has 1 aromatic carbocycles. The molecule has 4 nitrogen and oxygen atoms in total. The first kappa shape index (κ1) is 15.0. The maximum Gasteiger partial charge on any atom is 0.303 e. The van der Waals surface area contributed by atoms with E-state index in [9.17, 15) is 4.79 Å². The molecule has 1 aliphatic heterocycles. The number of carboxylic acid groups (broad SMARTS) is 1. The Bertz CT molecular complexity index is 408. The van der Waals surface area contributed by atoms with E-state index in [0.717, 1.165) is 45.7 Å². The summed E-state index contributed by atoms with van der Waals surface area (Å²) in [6.45, 7) is 6.26. The summed E-state index contributed by atoms with van der Waals surface area (Å²) in [7, 11) is 0. The third-order valence-corrected chi connectivity index (χ3v) is 3.80. The number of hydrogen-bond acceptors (Lipinski definition) is 3. The molecular formula is C16H24N2O2. The average Bonchev–Trinajstić information content (AvgIpc) is 2.65. The fraction of sp³-hybridized carbons (Fsp3) is 0.562. The third-order valence-electron chi connectivity index (χ3n) is 3.80. The molecule has 1 aliphatic rings. The number of hydrogen-bond donors (Lipinski definition) is 1. The molecule has 0 unspecified atom stereocenters. The Morgan fingerprint density at radius 2 is 1.75 bits per heavy atom. The molecule has 110 valence electrons. The van der Waals surface area contributed by atoms with E-state index in [0.29, 0.717) is 0 Å². The summed E-state index contributed by atoms with van der Waals surface area (Å²) in [6.07, 6.45) is 2.21.